The average molecular weight is 664 g/mol. The quantitative estimate of drug-likeness (QED) is 0.175. The highest BCUT2D eigenvalue weighted by atomic mass is 16.3. The summed E-state index contributed by atoms with van der Waals surface area (Å²) < 4.78 is 11.4. The van der Waals surface area contributed by atoms with Gasteiger partial charge in [-0.2, -0.15) is 0 Å². The minimum absolute atomic E-state index is 0.871. The van der Waals surface area contributed by atoms with Crippen LogP contribution in [0.1, 0.15) is 0 Å². The van der Waals surface area contributed by atoms with E-state index in [2.05, 4.69) is 184 Å². The fraction of sp³-hybridized carbons (Fsp3) is 0. The van der Waals surface area contributed by atoms with E-state index in [0.29, 0.717) is 0 Å². The van der Waals surface area contributed by atoms with Crippen LogP contribution in [0.4, 0.5) is 17.1 Å². The first-order valence-corrected chi connectivity index (χ1v) is 17.8. The molecule has 0 radical (unpaired) electrons. The monoisotopic (exact) mass is 663 g/mol. The topological polar surface area (TPSA) is 25.2 Å². The summed E-state index contributed by atoms with van der Waals surface area (Å²) in [5, 5.41) is 7.28. The number of fused-ring (bicyclic) bond motifs is 12. The summed E-state index contributed by atoms with van der Waals surface area (Å²) in [7, 11) is 0. The van der Waals surface area contributed by atoms with Crippen molar-refractivity contribution in [2.45, 2.75) is 0 Å². The zero-order valence-corrected chi connectivity index (χ0v) is 28.0. The van der Waals surface area contributed by atoms with Crippen LogP contribution >= 0.6 is 0 Å². The van der Waals surface area contributed by atoms with E-state index in [9.17, 15) is 0 Å². The molecule has 0 aliphatic carbocycles. The van der Waals surface area contributed by atoms with Crippen LogP contribution in [0.5, 0.6) is 0 Å². The molecule has 12 rings (SSSR count). The van der Waals surface area contributed by atoms with E-state index >= 15 is 0 Å². The van der Waals surface area contributed by atoms with Crippen LogP contribution in [0.15, 0.2) is 180 Å². The van der Waals surface area contributed by atoms with Gasteiger partial charge in [0.25, 0.3) is 0 Å². The molecule has 0 spiro atoms. The van der Waals surface area contributed by atoms with E-state index in [1.807, 2.05) is 6.07 Å². The number of benzene rings is 8. The molecule has 242 valence electrons. The van der Waals surface area contributed by atoms with E-state index in [1.54, 1.807) is 0 Å². The van der Waals surface area contributed by atoms with Gasteiger partial charge in [-0.05, 0) is 71.8 Å². The standard InChI is InChI=1S/C48H29N3O/c1-2-11-30(12-3-1)31-21-23-32(24-22-31)49(42-18-10-20-45-46(42)38-15-6-9-19-44(38)52-45)33-25-28-41-43(29-33)51-40-17-8-5-14-35(40)37-27-26-36-34-13-4-7-16-39(34)50(41)47(36)48(37)51/h1-29H. The molecule has 0 N–H and O–H groups in total. The van der Waals surface area contributed by atoms with E-state index in [-0.39, 0.29) is 0 Å². The first-order chi connectivity index (χ1) is 25.8. The van der Waals surface area contributed by atoms with Crippen molar-refractivity contribution < 1.29 is 4.42 Å². The van der Waals surface area contributed by atoms with Gasteiger partial charge in [-0.3, -0.25) is 0 Å². The fourth-order valence-electron chi connectivity index (χ4n) is 8.82. The molecule has 12 aromatic rings. The van der Waals surface area contributed by atoms with E-state index in [1.165, 1.54) is 60.3 Å². The van der Waals surface area contributed by atoms with Crippen LogP contribution in [-0.2, 0) is 0 Å². The molecule has 8 aromatic carbocycles. The summed E-state index contributed by atoms with van der Waals surface area (Å²) in [6.07, 6.45) is 0. The van der Waals surface area contributed by atoms with Gasteiger partial charge < -0.3 is 18.1 Å². The summed E-state index contributed by atoms with van der Waals surface area (Å²) in [6, 6.07) is 63.5. The number of aromatic nitrogens is 2. The molecule has 0 saturated carbocycles. The molecule has 4 heterocycles. The van der Waals surface area contributed by atoms with Crippen molar-refractivity contribution in [2.75, 3.05) is 4.90 Å². The van der Waals surface area contributed by atoms with Gasteiger partial charge in [0.1, 0.15) is 11.2 Å². The number of rotatable bonds is 4. The minimum Gasteiger partial charge on any atom is -0.456 e. The molecule has 0 atom stereocenters. The zero-order valence-electron chi connectivity index (χ0n) is 28.0. The maximum absolute atomic E-state index is 6.43. The number of para-hydroxylation sites is 3. The lowest BCUT2D eigenvalue weighted by Crippen LogP contribution is -2.11. The van der Waals surface area contributed by atoms with Crippen molar-refractivity contribution in [1.29, 1.82) is 0 Å². The summed E-state index contributed by atoms with van der Waals surface area (Å²) in [5.74, 6) is 0. The highest BCUT2D eigenvalue weighted by Gasteiger charge is 2.24. The molecule has 0 amide bonds. The van der Waals surface area contributed by atoms with Gasteiger partial charge in [0.15, 0.2) is 0 Å². The van der Waals surface area contributed by atoms with Crippen LogP contribution in [0.3, 0.4) is 0 Å². The van der Waals surface area contributed by atoms with Crippen molar-refractivity contribution in [3.05, 3.63) is 176 Å². The largest absolute Gasteiger partial charge is 0.456 e. The first kappa shape index (κ1) is 27.7. The normalized spacial score (nSPS) is 12.2. The Morgan fingerprint density at radius 3 is 1.67 bits per heavy atom. The van der Waals surface area contributed by atoms with Crippen LogP contribution in [-0.4, -0.2) is 8.80 Å². The molecule has 4 nitrogen and oxygen atoms in total. The number of hydrogen-bond donors (Lipinski definition) is 0. The van der Waals surface area contributed by atoms with Crippen LogP contribution in [0.25, 0.3) is 87.7 Å². The Morgan fingerprint density at radius 2 is 0.942 bits per heavy atom. The molecule has 52 heavy (non-hydrogen) atoms. The van der Waals surface area contributed by atoms with Gasteiger partial charge in [0.2, 0.25) is 0 Å². The van der Waals surface area contributed by atoms with E-state index in [0.717, 1.165) is 44.5 Å². The third-order valence-corrected chi connectivity index (χ3v) is 11.0. The van der Waals surface area contributed by atoms with Gasteiger partial charge in [-0.25, -0.2) is 0 Å². The van der Waals surface area contributed by atoms with Crippen molar-refractivity contribution >= 4 is 93.6 Å². The number of hydrogen-bond acceptors (Lipinski definition) is 2. The number of nitrogens with zero attached hydrogens (tertiary/aromatic N) is 3. The molecule has 4 heteroatoms. The average Bonchev–Trinajstić information content (AvgIpc) is 3.87. The Morgan fingerprint density at radius 1 is 0.365 bits per heavy atom. The summed E-state index contributed by atoms with van der Waals surface area (Å²) >= 11 is 0. The smallest absolute Gasteiger partial charge is 0.137 e. The van der Waals surface area contributed by atoms with Crippen LogP contribution in [0, 0.1) is 0 Å². The predicted octanol–water partition coefficient (Wildman–Crippen LogP) is 13.3. The minimum atomic E-state index is 0.871. The molecule has 4 aromatic heterocycles. The molecule has 0 saturated heterocycles. The second-order valence-electron chi connectivity index (χ2n) is 13.7. The maximum atomic E-state index is 6.43. The molecular formula is C48H29N3O. The Kier molecular flexibility index (Phi) is 5.47. The third kappa shape index (κ3) is 3.65. The molecule has 0 aliphatic rings. The van der Waals surface area contributed by atoms with Crippen LogP contribution < -0.4 is 4.90 Å². The van der Waals surface area contributed by atoms with Crippen molar-refractivity contribution in [2.24, 2.45) is 0 Å². The second kappa shape index (κ2) is 10.3. The molecular weight excluding hydrogens is 635 g/mol. The van der Waals surface area contributed by atoms with Gasteiger partial charge in [0, 0.05) is 38.3 Å². The lowest BCUT2D eigenvalue weighted by molar-refractivity contribution is 0.669. The van der Waals surface area contributed by atoms with Crippen LogP contribution in [0.2, 0.25) is 0 Å². The third-order valence-electron chi connectivity index (χ3n) is 11.0. The molecule has 0 fully saturated rings. The summed E-state index contributed by atoms with van der Waals surface area (Å²) in [5.41, 5.74) is 14.6. The zero-order chi connectivity index (χ0) is 33.9. The maximum Gasteiger partial charge on any atom is 0.137 e. The highest BCUT2D eigenvalue weighted by Crippen LogP contribution is 2.46. The molecule has 0 aliphatic heterocycles. The van der Waals surface area contributed by atoms with Crippen molar-refractivity contribution in [3.8, 4) is 11.1 Å². The Balaban J connectivity index is 1.20. The highest BCUT2D eigenvalue weighted by molar-refractivity contribution is 6.25. The van der Waals surface area contributed by atoms with Crippen molar-refractivity contribution in [1.82, 2.24) is 8.80 Å². The SMILES string of the molecule is c1ccc(-c2ccc(N(c3ccc4c(c3)n3c5ccccc5c5ccc6c7ccccc7n4c6c53)c3cccc4oc5ccccc5c34)cc2)cc1. The number of furan rings is 1. The van der Waals surface area contributed by atoms with Crippen molar-refractivity contribution in [3.63, 3.8) is 0 Å². The number of anilines is 3. The predicted molar refractivity (Wildman–Crippen MR) is 217 cm³/mol. The summed E-state index contributed by atoms with van der Waals surface area (Å²) in [6.45, 7) is 0. The Hall–Kier alpha value is -7.04. The van der Waals surface area contributed by atoms with E-state index < -0.39 is 0 Å². The van der Waals surface area contributed by atoms with Gasteiger partial charge >= 0.3 is 0 Å². The summed E-state index contributed by atoms with van der Waals surface area (Å²) in [4.78, 5) is 2.39. The fourth-order valence-corrected chi connectivity index (χ4v) is 8.82. The van der Waals surface area contributed by atoms with Gasteiger partial charge in [-0.15, -0.1) is 0 Å². The second-order valence-corrected chi connectivity index (χ2v) is 13.7. The lowest BCUT2D eigenvalue weighted by atomic mass is 10.0. The van der Waals surface area contributed by atoms with E-state index in [4.69, 9.17) is 4.42 Å². The molecule has 0 unspecified atom stereocenters. The first-order valence-electron chi connectivity index (χ1n) is 17.8. The lowest BCUT2D eigenvalue weighted by Gasteiger charge is -2.27. The van der Waals surface area contributed by atoms with Gasteiger partial charge in [0.05, 0.1) is 44.2 Å². The Labute approximate surface area is 297 Å². The molecule has 0 bridgehead atoms. The van der Waals surface area contributed by atoms with Gasteiger partial charge in [-0.1, -0.05) is 115 Å². The Bertz CT molecular complexity index is 3350.